The molecule has 25 heavy (non-hydrogen) atoms. The van der Waals surface area contributed by atoms with Crippen LogP contribution in [0.5, 0.6) is 0 Å². The number of rotatable bonds is 3. The molecule has 2 saturated heterocycles. The van der Waals surface area contributed by atoms with Gasteiger partial charge in [0.2, 0.25) is 5.91 Å². The van der Waals surface area contributed by atoms with Crippen molar-refractivity contribution in [3.63, 3.8) is 0 Å². The van der Waals surface area contributed by atoms with E-state index in [1.807, 2.05) is 4.90 Å². The molecule has 0 spiro atoms. The Kier molecular flexibility index (Phi) is 5.31. The summed E-state index contributed by atoms with van der Waals surface area (Å²) >= 11 is 0. The van der Waals surface area contributed by atoms with Crippen LogP contribution >= 0.6 is 0 Å². The second kappa shape index (κ2) is 7.63. The zero-order chi connectivity index (χ0) is 17.8. The van der Waals surface area contributed by atoms with Gasteiger partial charge in [0.15, 0.2) is 0 Å². The highest BCUT2D eigenvalue weighted by Gasteiger charge is 2.33. The zero-order valence-corrected chi connectivity index (χ0v) is 14.2. The highest BCUT2D eigenvalue weighted by atomic mass is 16.6. The first-order chi connectivity index (χ1) is 12.1. The van der Waals surface area contributed by atoms with E-state index in [0.29, 0.717) is 13.1 Å². The number of hydrogen-bond acceptors (Lipinski definition) is 4. The summed E-state index contributed by atoms with van der Waals surface area (Å²) in [6.07, 6.45) is 4.76. The van der Waals surface area contributed by atoms with Gasteiger partial charge in [-0.1, -0.05) is 12.1 Å². The first-order valence-corrected chi connectivity index (χ1v) is 8.89. The van der Waals surface area contributed by atoms with Crippen LogP contribution in [0.25, 0.3) is 0 Å². The number of hydrogen-bond donors (Lipinski definition) is 0. The van der Waals surface area contributed by atoms with Gasteiger partial charge in [0.05, 0.1) is 10.8 Å². The van der Waals surface area contributed by atoms with Crippen molar-refractivity contribution in [2.24, 2.45) is 5.92 Å². The molecular formula is C18H23N3O4. The van der Waals surface area contributed by atoms with Crippen molar-refractivity contribution in [1.82, 2.24) is 9.80 Å². The van der Waals surface area contributed by atoms with Crippen LogP contribution in [0.3, 0.4) is 0 Å². The minimum atomic E-state index is -0.534. The Morgan fingerprint density at radius 3 is 2.40 bits per heavy atom. The summed E-state index contributed by atoms with van der Waals surface area (Å²) in [5.74, 6) is -0.429. The molecule has 0 bridgehead atoms. The summed E-state index contributed by atoms with van der Waals surface area (Å²) < 4.78 is 0. The molecule has 7 heteroatoms. The lowest BCUT2D eigenvalue weighted by Crippen LogP contribution is -2.48. The van der Waals surface area contributed by atoms with Crippen molar-refractivity contribution in [2.75, 3.05) is 26.2 Å². The van der Waals surface area contributed by atoms with Crippen LogP contribution < -0.4 is 0 Å². The number of carbonyl (C=O) groups excluding carboxylic acids is 2. The number of para-hydroxylation sites is 1. The van der Waals surface area contributed by atoms with E-state index in [1.54, 1.807) is 17.0 Å². The van der Waals surface area contributed by atoms with Gasteiger partial charge < -0.3 is 9.80 Å². The molecule has 2 fully saturated rings. The topological polar surface area (TPSA) is 83.8 Å². The number of amides is 2. The monoisotopic (exact) mass is 345 g/mol. The van der Waals surface area contributed by atoms with E-state index >= 15 is 0 Å². The maximum absolute atomic E-state index is 12.8. The Balaban J connectivity index is 1.72. The van der Waals surface area contributed by atoms with Crippen LogP contribution in [0.2, 0.25) is 0 Å². The second-order valence-corrected chi connectivity index (χ2v) is 6.75. The number of nitro benzene ring substituents is 1. The lowest BCUT2D eigenvalue weighted by atomic mass is 9.95. The third-order valence-corrected chi connectivity index (χ3v) is 5.06. The molecule has 7 nitrogen and oxygen atoms in total. The van der Waals surface area contributed by atoms with Crippen LogP contribution in [-0.4, -0.2) is 52.7 Å². The number of nitrogens with zero attached hydrogens (tertiary/aromatic N) is 3. The van der Waals surface area contributed by atoms with Gasteiger partial charge in [-0.15, -0.1) is 0 Å². The van der Waals surface area contributed by atoms with Gasteiger partial charge in [-0.3, -0.25) is 19.7 Å². The van der Waals surface area contributed by atoms with Crippen LogP contribution in [0.1, 0.15) is 42.5 Å². The Bertz CT molecular complexity index is 670. The number of carbonyl (C=O) groups is 2. The molecule has 1 atom stereocenters. The van der Waals surface area contributed by atoms with E-state index in [0.717, 1.165) is 45.2 Å². The van der Waals surface area contributed by atoms with Crippen molar-refractivity contribution in [2.45, 2.75) is 32.1 Å². The van der Waals surface area contributed by atoms with Crippen molar-refractivity contribution in [1.29, 1.82) is 0 Å². The quantitative estimate of drug-likeness (QED) is 0.622. The molecule has 1 aromatic carbocycles. The number of piperidine rings is 2. The summed E-state index contributed by atoms with van der Waals surface area (Å²) in [5.41, 5.74) is -0.0875. The minimum Gasteiger partial charge on any atom is -0.342 e. The molecular weight excluding hydrogens is 322 g/mol. The molecule has 0 aliphatic carbocycles. The lowest BCUT2D eigenvalue weighted by molar-refractivity contribution is -0.385. The number of benzene rings is 1. The fourth-order valence-electron chi connectivity index (χ4n) is 3.72. The van der Waals surface area contributed by atoms with Gasteiger partial charge in [0, 0.05) is 32.2 Å². The lowest BCUT2D eigenvalue weighted by Gasteiger charge is -2.36. The SMILES string of the molecule is O=C(c1ccccc1[N+](=O)[O-])N1CCC[C@H](C(=O)N2CCCCC2)C1. The first-order valence-electron chi connectivity index (χ1n) is 8.89. The summed E-state index contributed by atoms with van der Waals surface area (Å²) in [6.45, 7) is 2.48. The third-order valence-electron chi connectivity index (χ3n) is 5.06. The van der Waals surface area contributed by atoms with Crippen LogP contribution in [0.4, 0.5) is 5.69 Å². The molecule has 0 aromatic heterocycles. The van der Waals surface area contributed by atoms with Crippen molar-refractivity contribution >= 4 is 17.5 Å². The largest absolute Gasteiger partial charge is 0.342 e. The standard InChI is InChI=1S/C18H23N3O4/c22-17(19-10-4-1-5-11-19)14-7-6-12-20(13-14)18(23)15-8-2-3-9-16(15)21(24)25/h2-3,8-9,14H,1,4-7,10-13H2/t14-/m0/s1. The average Bonchev–Trinajstić information content (AvgIpc) is 2.67. The Hall–Kier alpha value is -2.44. The smallest absolute Gasteiger partial charge is 0.282 e. The van der Waals surface area contributed by atoms with Gasteiger partial charge in [0.1, 0.15) is 5.56 Å². The van der Waals surface area contributed by atoms with E-state index in [-0.39, 0.29) is 29.0 Å². The highest BCUT2D eigenvalue weighted by molar-refractivity contribution is 5.98. The fraction of sp³-hybridized carbons (Fsp3) is 0.556. The molecule has 0 unspecified atom stereocenters. The Morgan fingerprint density at radius 1 is 1.00 bits per heavy atom. The van der Waals surface area contributed by atoms with Gasteiger partial charge in [-0.2, -0.15) is 0 Å². The molecule has 134 valence electrons. The fourth-order valence-corrected chi connectivity index (χ4v) is 3.72. The third kappa shape index (κ3) is 3.81. The maximum atomic E-state index is 12.8. The summed E-state index contributed by atoms with van der Waals surface area (Å²) in [5, 5.41) is 11.2. The van der Waals surface area contributed by atoms with E-state index < -0.39 is 4.92 Å². The van der Waals surface area contributed by atoms with Gasteiger partial charge in [0.25, 0.3) is 11.6 Å². The minimum absolute atomic E-state index is 0.0959. The van der Waals surface area contributed by atoms with E-state index in [1.165, 1.54) is 12.1 Å². The molecule has 2 heterocycles. The maximum Gasteiger partial charge on any atom is 0.282 e. The van der Waals surface area contributed by atoms with Crippen LogP contribution in [-0.2, 0) is 4.79 Å². The molecule has 2 aliphatic heterocycles. The predicted octanol–water partition coefficient (Wildman–Crippen LogP) is 2.46. The summed E-state index contributed by atoms with van der Waals surface area (Å²) in [6, 6.07) is 6.00. The molecule has 0 N–H and O–H groups in total. The summed E-state index contributed by atoms with van der Waals surface area (Å²) in [4.78, 5) is 39.6. The molecule has 1 aromatic rings. The van der Waals surface area contributed by atoms with Crippen molar-refractivity contribution in [3.05, 3.63) is 39.9 Å². The normalized spacial score (nSPS) is 21.0. The van der Waals surface area contributed by atoms with E-state index in [9.17, 15) is 19.7 Å². The second-order valence-electron chi connectivity index (χ2n) is 6.75. The predicted molar refractivity (Wildman–Crippen MR) is 92.2 cm³/mol. The molecule has 2 aliphatic rings. The molecule has 2 amide bonds. The molecule has 0 saturated carbocycles. The highest BCUT2D eigenvalue weighted by Crippen LogP contribution is 2.25. The van der Waals surface area contributed by atoms with Crippen molar-refractivity contribution in [3.8, 4) is 0 Å². The Morgan fingerprint density at radius 2 is 1.68 bits per heavy atom. The Labute approximate surface area is 146 Å². The van der Waals surface area contributed by atoms with E-state index in [4.69, 9.17) is 0 Å². The molecule has 3 rings (SSSR count). The number of likely N-dealkylation sites (tertiary alicyclic amines) is 2. The summed E-state index contributed by atoms with van der Waals surface area (Å²) in [7, 11) is 0. The zero-order valence-electron chi connectivity index (χ0n) is 14.2. The average molecular weight is 345 g/mol. The molecule has 0 radical (unpaired) electrons. The number of nitro groups is 1. The van der Waals surface area contributed by atoms with Crippen LogP contribution in [0.15, 0.2) is 24.3 Å². The van der Waals surface area contributed by atoms with Gasteiger partial charge in [-0.25, -0.2) is 0 Å². The van der Waals surface area contributed by atoms with Gasteiger partial charge in [-0.05, 0) is 38.2 Å². The van der Waals surface area contributed by atoms with Crippen molar-refractivity contribution < 1.29 is 14.5 Å². The van der Waals surface area contributed by atoms with Gasteiger partial charge >= 0.3 is 0 Å². The van der Waals surface area contributed by atoms with Crippen LogP contribution in [0, 0.1) is 16.0 Å². The first kappa shape index (κ1) is 17.4. The van der Waals surface area contributed by atoms with E-state index in [2.05, 4.69) is 0 Å².